The Labute approximate surface area is 104 Å². The number of rotatable bonds is 6. The third-order valence-electron chi connectivity index (χ3n) is 3.12. The minimum atomic E-state index is -0.408. The molecule has 0 spiro atoms. The Morgan fingerprint density at radius 1 is 1.35 bits per heavy atom. The van der Waals surface area contributed by atoms with Gasteiger partial charge in [0, 0.05) is 39.3 Å². The third kappa shape index (κ3) is 5.00. The van der Waals surface area contributed by atoms with E-state index < -0.39 is 6.10 Å². The largest absolute Gasteiger partial charge is 0.389 e. The van der Waals surface area contributed by atoms with Gasteiger partial charge >= 0.3 is 0 Å². The minimum absolute atomic E-state index is 0.00880. The molecule has 2 atom stereocenters. The predicted molar refractivity (Wildman–Crippen MR) is 65.6 cm³/mol. The van der Waals surface area contributed by atoms with Crippen LogP contribution < -0.4 is 0 Å². The van der Waals surface area contributed by atoms with Crippen molar-refractivity contribution in [3.8, 4) is 6.07 Å². The molecule has 1 aliphatic heterocycles. The average Bonchev–Trinajstić information content (AvgIpc) is 2.36. The summed E-state index contributed by atoms with van der Waals surface area (Å²) in [5.41, 5.74) is 0. The van der Waals surface area contributed by atoms with Crippen LogP contribution in [0.4, 0.5) is 0 Å². The first kappa shape index (κ1) is 14.4. The van der Waals surface area contributed by atoms with Gasteiger partial charge < -0.3 is 9.84 Å². The summed E-state index contributed by atoms with van der Waals surface area (Å²) in [4.78, 5) is 4.40. The first-order valence-corrected chi connectivity index (χ1v) is 6.29. The third-order valence-corrected chi connectivity index (χ3v) is 3.12. The molecule has 0 aromatic carbocycles. The van der Waals surface area contributed by atoms with Crippen LogP contribution in [0, 0.1) is 11.3 Å². The van der Waals surface area contributed by atoms with Crippen LogP contribution in [0.25, 0.3) is 0 Å². The molecule has 5 nitrogen and oxygen atoms in total. The van der Waals surface area contributed by atoms with Crippen molar-refractivity contribution in [3.63, 3.8) is 0 Å². The van der Waals surface area contributed by atoms with Gasteiger partial charge in [-0.15, -0.1) is 0 Å². The van der Waals surface area contributed by atoms with Gasteiger partial charge in [0.25, 0.3) is 0 Å². The quantitative estimate of drug-likeness (QED) is 0.704. The smallest absolute Gasteiger partial charge is 0.0950 e. The Bertz CT molecular complexity index is 247. The fourth-order valence-corrected chi connectivity index (χ4v) is 2.02. The summed E-state index contributed by atoms with van der Waals surface area (Å²) in [7, 11) is 0. The standard InChI is InChI=1S/C12H23N3O2/c1-3-17-10-12(16)9-14-4-6-15(7-5-14)11(2)8-13/h11-12,16H,3-7,9-10H2,1-2H3. The molecule has 1 aliphatic rings. The second-order valence-electron chi connectivity index (χ2n) is 4.45. The second-order valence-corrected chi connectivity index (χ2v) is 4.45. The Balaban J connectivity index is 2.21. The Kier molecular flexibility index (Phi) is 6.45. The van der Waals surface area contributed by atoms with Crippen molar-refractivity contribution in [1.82, 2.24) is 9.80 Å². The number of β-amino-alcohol motifs (C(OH)–C–C–N with tert-alkyl or cyclic N) is 1. The van der Waals surface area contributed by atoms with Gasteiger partial charge in [-0.1, -0.05) is 0 Å². The summed E-state index contributed by atoms with van der Waals surface area (Å²) in [6.07, 6.45) is -0.408. The molecule has 1 saturated heterocycles. The van der Waals surface area contributed by atoms with E-state index in [1.807, 2.05) is 13.8 Å². The van der Waals surface area contributed by atoms with Crippen molar-refractivity contribution in [2.75, 3.05) is 45.9 Å². The van der Waals surface area contributed by atoms with E-state index in [9.17, 15) is 5.11 Å². The minimum Gasteiger partial charge on any atom is -0.389 e. The maximum Gasteiger partial charge on any atom is 0.0950 e. The van der Waals surface area contributed by atoms with Crippen LogP contribution in [-0.2, 0) is 4.74 Å². The molecule has 2 unspecified atom stereocenters. The summed E-state index contributed by atoms with van der Waals surface area (Å²) in [5.74, 6) is 0. The van der Waals surface area contributed by atoms with Crippen molar-refractivity contribution >= 4 is 0 Å². The molecule has 0 aromatic rings. The number of hydrogen-bond acceptors (Lipinski definition) is 5. The zero-order valence-corrected chi connectivity index (χ0v) is 10.8. The first-order valence-electron chi connectivity index (χ1n) is 6.29. The fraction of sp³-hybridized carbons (Fsp3) is 0.917. The van der Waals surface area contributed by atoms with Crippen molar-refractivity contribution in [3.05, 3.63) is 0 Å². The van der Waals surface area contributed by atoms with Crippen LogP contribution in [0.1, 0.15) is 13.8 Å². The van der Waals surface area contributed by atoms with Crippen LogP contribution in [0.2, 0.25) is 0 Å². The molecule has 1 heterocycles. The monoisotopic (exact) mass is 241 g/mol. The highest BCUT2D eigenvalue weighted by Crippen LogP contribution is 2.06. The number of ether oxygens (including phenoxy) is 1. The number of nitrogens with zero attached hydrogens (tertiary/aromatic N) is 3. The molecule has 0 saturated carbocycles. The lowest BCUT2D eigenvalue weighted by Gasteiger charge is -2.36. The molecule has 17 heavy (non-hydrogen) atoms. The number of nitriles is 1. The average molecular weight is 241 g/mol. The molecular formula is C12H23N3O2. The van der Waals surface area contributed by atoms with E-state index in [0.717, 1.165) is 26.2 Å². The zero-order valence-electron chi connectivity index (χ0n) is 10.8. The summed E-state index contributed by atoms with van der Waals surface area (Å²) >= 11 is 0. The molecule has 1 N–H and O–H groups in total. The Morgan fingerprint density at radius 2 is 2.00 bits per heavy atom. The van der Waals surface area contributed by atoms with Crippen molar-refractivity contribution < 1.29 is 9.84 Å². The molecular weight excluding hydrogens is 218 g/mol. The molecule has 98 valence electrons. The van der Waals surface area contributed by atoms with Crippen molar-refractivity contribution in [2.24, 2.45) is 0 Å². The Hall–Kier alpha value is -0.670. The van der Waals surface area contributed by atoms with Crippen LogP contribution in [0.15, 0.2) is 0 Å². The summed E-state index contributed by atoms with van der Waals surface area (Å²) in [6, 6.07) is 2.25. The highest BCUT2D eigenvalue weighted by Gasteiger charge is 2.22. The van der Waals surface area contributed by atoms with Crippen molar-refractivity contribution in [1.29, 1.82) is 5.26 Å². The van der Waals surface area contributed by atoms with E-state index in [1.54, 1.807) is 0 Å². The highest BCUT2D eigenvalue weighted by atomic mass is 16.5. The van der Waals surface area contributed by atoms with Crippen LogP contribution in [0.5, 0.6) is 0 Å². The maximum absolute atomic E-state index is 9.72. The van der Waals surface area contributed by atoms with Crippen molar-refractivity contribution in [2.45, 2.75) is 26.0 Å². The lowest BCUT2D eigenvalue weighted by Crippen LogP contribution is -2.51. The van der Waals surface area contributed by atoms with E-state index in [2.05, 4.69) is 15.9 Å². The topological polar surface area (TPSA) is 59.7 Å². The normalized spacial score (nSPS) is 22.0. The summed E-state index contributed by atoms with van der Waals surface area (Å²) < 4.78 is 5.18. The van der Waals surface area contributed by atoms with Crippen LogP contribution >= 0.6 is 0 Å². The number of aliphatic hydroxyl groups excluding tert-OH is 1. The van der Waals surface area contributed by atoms with Crippen LogP contribution in [-0.4, -0.2) is 73.0 Å². The van der Waals surface area contributed by atoms with E-state index in [0.29, 0.717) is 19.8 Å². The molecule has 0 aromatic heterocycles. The van der Waals surface area contributed by atoms with E-state index in [1.165, 1.54) is 0 Å². The SMILES string of the molecule is CCOCC(O)CN1CCN(C(C)C#N)CC1. The molecule has 1 rings (SSSR count). The highest BCUT2D eigenvalue weighted by molar-refractivity contribution is 4.90. The molecule has 5 heteroatoms. The lowest BCUT2D eigenvalue weighted by atomic mass is 10.2. The van der Waals surface area contributed by atoms with Gasteiger partial charge in [-0.05, 0) is 13.8 Å². The van der Waals surface area contributed by atoms with Gasteiger partial charge in [-0.3, -0.25) is 9.80 Å². The number of hydrogen-bond donors (Lipinski definition) is 1. The summed E-state index contributed by atoms with van der Waals surface area (Å²) in [6.45, 7) is 9.19. The first-order chi connectivity index (χ1) is 8.17. The molecule has 0 amide bonds. The second kappa shape index (κ2) is 7.62. The molecule has 1 fully saturated rings. The maximum atomic E-state index is 9.72. The van der Waals surface area contributed by atoms with Gasteiger partial charge in [0.15, 0.2) is 0 Å². The van der Waals surface area contributed by atoms with Gasteiger partial charge in [-0.25, -0.2) is 0 Å². The van der Waals surface area contributed by atoms with E-state index in [-0.39, 0.29) is 6.04 Å². The number of piperazine rings is 1. The zero-order chi connectivity index (χ0) is 12.7. The molecule has 0 bridgehead atoms. The number of aliphatic hydroxyl groups is 1. The van der Waals surface area contributed by atoms with Gasteiger partial charge in [0.1, 0.15) is 0 Å². The molecule has 0 aliphatic carbocycles. The van der Waals surface area contributed by atoms with E-state index in [4.69, 9.17) is 10.00 Å². The van der Waals surface area contributed by atoms with Gasteiger partial charge in [0.2, 0.25) is 0 Å². The molecule has 0 radical (unpaired) electrons. The van der Waals surface area contributed by atoms with Crippen LogP contribution in [0.3, 0.4) is 0 Å². The predicted octanol–water partition coefficient (Wildman–Crippen LogP) is -0.0865. The lowest BCUT2D eigenvalue weighted by molar-refractivity contribution is 0.00936. The van der Waals surface area contributed by atoms with Gasteiger partial charge in [0.05, 0.1) is 24.8 Å². The Morgan fingerprint density at radius 3 is 2.53 bits per heavy atom. The van der Waals surface area contributed by atoms with E-state index >= 15 is 0 Å². The fourth-order valence-electron chi connectivity index (χ4n) is 2.02. The summed E-state index contributed by atoms with van der Waals surface area (Å²) in [5, 5.41) is 18.6. The van der Waals surface area contributed by atoms with Gasteiger partial charge in [-0.2, -0.15) is 5.26 Å².